The van der Waals surface area contributed by atoms with E-state index in [2.05, 4.69) is 26.4 Å². The third-order valence-electron chi connectivity index (χ3n) is 3.56. The van der Waals surface area contributed by atoms with Crippen molar-refractivity contribution in [3.05, 3.63) is 30.1 Å². The highest BCUT2D eigenvalue weighted by molar-refractivity contribution is 5.67. The molecule has 0 atom stereocenters. The molecule has 7 nitrogen and oxygen atoms in total. The monoisotopic (exact) mass is 283 g/mol. The van der Waals surface area contributed by atoms with Crippen LogP contribution < -0.4 is 16.0 Å². The molecule has 0 aromatic carbocycles. The molecule has 108 valence electrons. The van der Waals surface area contributed by atoms with Crippen LogP contribution in [0.5, 0.6) is 0 Å². The molecule has 2 aromatic rings. The Morgan fingerprint density at radius 3 is 2.81 bits per heavy atom. The maximum atomic E-state index is 9.42. The van der Waals surface area contributed by atoms with Crippen molar-refractivity contribution in [1.29, 1.82) is 5.26 Å². The van der Waals surface area contributed by atoms with Crippen LogP contribution in [0, 0.1) is 11.3 Å². The van der Waals surface area contributed by atoms with E-state index in [1.165, 1.54) is 0 Å². The number of nitrogens with zero attached hydrogens (tertiary/aromatic N) is 5. The molecule has 1 fully saturated rings. The predicted octanol–water partition coefficient (Wildman–Crippen LogP) is 0.521. The fourth-order valence-electron chi connectivity index (χ4n) is 2.49. The van der Waals surface area contributed by atoms with Gasteiger partial charge in [-0.1, -0.05) is 0 Å². The number of hydrogen-bond donors (Lipinski definition) is 2. The molecule has 7 heteroatoms. The van der Waals surface area contributed by atoms with E-state index in [0.717, 1.165) is 38.3 Å². The smallest absolute Gasteiger partial charge is 0.171 e. The lowest BCUT2D eigenvalue weighted by molar-refractivity contribution is 0.724. The number of hydrogen-bond acceptors (Lipinski definition) is 6. The standard InChI is InChI=1S/C14H17N7/c15-10-12-13(16)21(11-2-5-18-6-3-11)19-14(12)20-8-1-4-17-7-9-20/h2-3,5-6,17H,1,4,7-9,16H2. The maximum Gasteiger partial charge on any atom is 0.171 e. The summed E-state index contributed by atoms with van der Waals surface area (Å²) in [4.78, 5) is 6.10. The predicted molar refractivity (Wildman–Crippen MR) is 80.2 cm³/mol. The second-order valence-electron chi connectivity index (χ2n) is 4.90. The highest BCUT2D eigenvalue weighted by atomic mass is 15.4. The van der Waals surface area contributed by atoms with Gasteiger partial charge in [-0.2, -0.15) is 5.26 Å². The lowest BCUT2D eigenvalue weighted by atomic mass is 10.3. The second-order valence-corrected chi connectivity index (χ2v) is 4.90. The zero-order chi connectivity index (χ0) is 14.7. The van der Waals surface area contributed by atoms with Crippen molar-refractivity contribution in [3.8, 4) is 11.8 Å². The quantitative estimate of drug-likeness (QED) is 0.834. The largest absolute Gasteiger partial charge is 0.382 e. The van der Waals surface area contributed by atoms with Crippen LogP contribution in [0.3, 0.4) is 0 Å². The van der Waals surface area contributed by atoms with Gasteiger partial charge in [0.1, 0.15) is 17.5 Å². The Morgan fingerprint density at radius 2 is 2.05 bits per heavy atom. The molecule has 0 aliphatic carbocycles. The average molecular weight is 283 g/mol. The number of aromatic nitrogens is 3. The summed E-state index contributed by atoms with van der Waals surface area (Å²) >= 11 is 0. The molecule has 1 aliphatic heterocycles. The van der Waals surface area contributed by atoms with Crippen molar-refractivity contribution in [2.45, 2.75) is 6.42 Å². The summed E-state index contributed by atoms with van der Waals surface area (Å²) in [6.45, 7) is 3.56. The zero-order valence-electron chi connectivity index (χ0n) is 11.7. The van der Waals surface area contributed by atoms with Crippen LogP contribution in [0.15, 0.2) is 24.5 Å². The summed E-state index contributed by atoms with van der Waals surface area (Å²) in [7, 11) is 0. The summed E-state index contributed by atoms with van der Waals surface area (Å²) in [6, 6.07) is 5.82. The Hall–Kier alpha value is -2.59. The van der Waals surface area contributed by atoms with Crippen LogP contribution in [-0.4, -0.2) is 40.9 Å². The number of nitrogens with two attached hydrogens (primary N) is 1. The van der Waals surface area contributed by atoms with E-state index in [0.29, 0.717) is 17.2 Å². The fourth-order valence-corrected chi connectivity index (χ4v) is 2.49. The molecule has 0 amide bonds. The summed E-state index contributed by atoms with van der Waals surface area (Å²) < 4.78 is 1.61. The SMILES string of the molecule is N#Cc1c(N2CCCNCC2)nn(-c2ccncc2)c1N. The highest BCUT2D eigenvalue weighted by Gasteiger charge is 2.22. The van der Waals surface area contributed by atoms with Crippen molar-refractivity contribution >= 4 is 11.6 Å². The van der Waals surface area contributed by atoms with E-state index in [-0.39, 0.29) is 0 Å². The molecule has 2 aromatic heterocycles. The lowest BCUT2D eigenvalue weighted by Gasteiger charge is -2.19. The molecule has 0 spiro atoms. The van der Waals surface area contributed by atoms with Crippen LogP contribution >= 0.6 is 0 Å². The van der Waals surface area contributed by atoms with E-state index in [1.807, 2.05) is 12.1 Å². The van der Waals surface area contributed by atoms with Crippen molar-refractivity contribution in [3.63, 3.8) is 0 Å². The second kappa shape index (κ2) is 5.81. The van der Waals surface area contributed by atoms with Gasteiger partial charge in [0.05, 0.1) is 5.69 Å². The van der Waals surface area contributed by atoms with E-state index < -0.39 is 0 Å². The number of rotatable bonds is 2. The summed E-state index contributed by atoms with van der Waals surface area (Å²) in [6.07, 6.45) is 4.38. The van der Waals surface area contributed by atoms with Crippen LogP contribution in [0.1, 0.15) is 12.0 Å². The zero-order valence-corrected chi connectivity index (χ0v) is 11.7. The number of anilines is 2. The Labute approximate surface area is 123 Å². The molecule has 1 saturated heterocycles. The Bertz CT molecular complexity index is 648. The third kappa shape index (κ3) is 2.53. The number of nitrogens with one attached hydrogen (secondary N) is 1. The number of pyridine rings is 1. The first kappa shape index (κ1) is 13.4. The molecule has 0 unspecified atom stereocenters. The van der Waals surface area contributed by atoms with Crippen molar-refractivity contribution in [2.75, 3.05) is 36.8 Å². The maximum absolute atomic E-state index is 9.42. The average Bonchev–Trinajstić information content (AvgIpc) is 2.70. The minimum atomic E-state index is 0.371. The van der Waals surface area contributed by atoms with E-state index in [4.69, 9.17) is 5.73 Å². The highest BCUT2D eigenvalue weighted by Crippen LogP contribution is 2.27. The fraction of sp³-hybridized carbons (Fsp3) is 0.357. The van der Waals surface area contributed by atoms with Crippen LogP contribution in [0.2, 0.25) is 0 Å². The van der Waals surface area contributed by atoms with Gasteiger partial charge in [-0.15, -0.1) is 5.10 Å². The molecular weight excluding hydrogens is 266 g/mol. The van der Waals surface area contributed by atoms with Gasteiger partial charge >= 0.3 is 0 Å². The van der Waals surface area contributed by atoms with Crippen LogP contribution in [0.4, 0.5) is 11.6 Å². The molecule has 0 radical (unpaired) electrons. The van der Waals surface area contributed by atoms with Crippen molar-refractivity contribution < 1.29 is 0 Å². The molecule has 0 bridgehead atoms. The van der Waals surface area contributed by atoms with Crippen molar-refractivity contribution in [1.82, 2.24) is 20.1 Å². The molecular formula is C14H17N7. The van der Waals surface area contributed by atoms with Gasteiger partial charge in [0, 0.05) is 32.0 Å². The molecule has 3 rings (SSSR count). The Balaban J connectivity index is 2.03. The van der Waals surface area contributed by atoms with Gasteiger partial charge in [0.15, 0.2) is 5.82 Å². The first-order valence-corrected chi connectivity index (χ1v) is 6.96. The first-order valence-electron chi connectivity index (χ1n) is 6.96. The minimum absolute atomic E-state index is 0.371. The van der Waals surface area contributed by atoms with Gasteiger partial charge in [-0.25, -0.2) is 4.68 Å². The normalized spacial score (nSPS) is 15.5. The molecule has 1 aliphatic rings. The number of nitriles is 1. The van der Waals surface area contributed by atoms with Gasteiger partial charge in [0.2, 0.25) is 0 Å². The number of nitrogen functional groups attached to an aromatic ring is 1. The van der Waals surface area contributed by atoms with Crippen LogP contribution in [-0.2, 0) is 0 Å². The third-order valence-corrected chi connectivity index (χ3v) is 3.56. The van der Waals surface area contributed by atoms with Crippen LogP contribution in [0.25, 0.3) is 5.69 Å². The summed E-state index contributed by atoms with van der Waals surface area (Å²) in [5, 5.41) is 17.3. The van der Waals surface area contributed by atoms with E-state index >= 15 is 0 Å². The molecule has 21 heavy (non-hydrogen) atoms. The first-order chi connectivity index (χ1) is 10.3. The van der Waals surface area contributed by atoms with Gasteiger partial charge < -0.3 is 16.0 Å². The van der Waals surface area contributed by atoms with Gasteiger partial charge in [-0.3, -0.25) is 4.98 Å². The van der Waals surface area contributed by atoms with E-state index in [1.54, 1.807) is 17.1 Å². The lowest BCUT2D eigenvalue weighted by Crippen LogP contribution is -2.28. The molecule has 3 heterocycles. The summed E-state index contributed by atoms with van der Waals surface area (Å²) in [5.41, 5.74) is 7.35. The molecule has 3 N–H and O–H groups in total. The molecule has 0 saturated carbocycles. The van der Waals surface area contributed by atoms with Gasteiger partial charge in [0.25, 0.3) is 0 Å². The summed E-state index contributed by atoms with van der Waals surface area (Å²) in [5.74, 6) is 1.03. The van der Waals surface area contributed by atoms with Crippen molar-refractivity contribution in [2.24, 2.45) is 0 Å². The Morgan fingerprint density at radius 1 is 1.24 bits per heavy atom. The van der Waals surface area contributed by atoms with Gasteiger partial charge in [-0.05, 0) is 25.1 Å². The topological polar surface area (TPSA) is 95.8 Å². The Kier molecular flexibility index (Phi) is 3.71. The van der Waals surface area contributed by atoms with E-state index in [9.17, 15) is 5.26 Å². The minimum Gasteiger partial charge on any atom is -0.382 e.